The smallest absolute Gasteiger partial charge is 0.251 e. The predicted molar refractivity (Wildman–Crippen MR) is 109 cm³/mol. The molecule has 2 aliphatic heterocycles. The fourth-order valence-electron chi connectivity index (χ4n) is 4.46. The Morgan fingerprint density at radius 2 is 1.90 bits per heavy atom. The van der Waals surface area contributed by atoms with Gasteiger partial charge in [-0.05, 0) is 63.6 Å². The molecule has 29 heavy (non-hydrogen) atoms. The third-order valence-electron chi connectivity index (χ3n) is 5.86. The van der Waals surface area contributed by atoms with Gasteiger partial charge in [-0.3, -0.25) is 14.5 Å². The number of amides is 2. The highest BCUT2D eigenvalue weighted by Gasteiger charge is 2.41. The van der Waals surface area contributed by atoms with E-state index in [9.17, 15) is 19.1 Å². The van der Waals surface area contributed by atoms with E-state index in [1.807, 2.05) is 0 Å². The summed E-state index contributed by atoms with van der Waals surface area (Å²) in [4.78, 5) is 26.9. The summed E-state index contributed by atoms with van der Waals surface area (Å²) in [5, 5.41) is 15.3. The van der Waals surface area contributed by atoms with Crippen LogP contribution in [0, 0.1) is 11.7 Å². The Hall–Kier alpha value is -1.70. The molecule has 0 aliphatic carbocycles. The molecule has 160 valence electrons. The van der Waals surface area contributed by atoms with Crippen molar-refractivity contribution in [3.8, 4) is 0 Å². The van der Waals surface area contributed by atoms with Crippen molar-refractivity contribution in [2.24, 2.45) is 5.92 Å². The lowest BCUT2D eigenvalue weighted by Gasteiger charge is -2.39. The normalized spacial score (nSPS) is 24.4. The van der Waals surface area contributed by atoms with Crippen LogP contribution in [0.15, 0.2) is 18.2 Å². The minimum absolute atomic E-state index is 0.0734. The van der Waals surface area contributed by atoms with Gasteiger partial charge in [0.1, 0.15) is 5.82 Å². The Labute approximate surface area is 175 Å². The zero-order valence-corrected chi connectivity index (χ0v) is 17.6. The molecule has 2 amide bonds. The summed E-state index contributed by atoms with van der Waals surface area (Å²) in [6, 6.07) is 4.45. The third-order valence-corrected chi connectivity index (χ3v) is 6.08. The largest absolute Gasteiger partial charge is 0.394 e. The van der Waals surface area contributed by atoms with Gasteiger partial charge >= 0.3 is 0 Å². The first-order valence-electron chi connectivity index (χ1n) is 10.1. The molecule has 3 rings (SSSR count). The van der Waals surface area contributed by atoms with Crippen molar-refractivity contribution in [3.05, 3.63) is 34.6 Å². The first-order chi connectivity index (χ1) is 13.7. The summed E-state index contributed by atoms with van der Waals surface area (Å²) in [5.74, 6) is -0.604. The molecule has 2 aliphatic rings. The number of benzene rings is 1. The number of nitrogens with one attached hydrogen (secondary N) is 2. The number of hydrogen-bond acceptors (Lipinski definition) is 4. The maximum absolute atomic E-state index is 13.5. The van der Waals surface area contributed by atoms with Crippen LogP contribution >= 0.6 is 11.6 Å². The number of carbonyl (C=O) groups is 2. The predicted octanol–water partition coefficient (Wildman–Crippen LogP) is 2.34. The van der Waals surface area contributed by atoms with Gasteiger partial charge in [0.25, 0.3) is 5.91 Å². The number of aliphatic hydroxyl groups excluding tert-OH is 1. The van der Waals surface area contributed by atoms with Crippen molar-refractivity contribution in [1.82, 2.24) is 15.5 Å². The van der Waals surface area contributed by atoms with E-state index in [0.29, 0.717) is 31.1 Å². The number of aliphatic hydroxyl groups is 1. The molecule has 1 unspecified atom stereocenters. The average Bonchev–Trinajstić information content (AvgIpc) is 2.87. The maximum Gasteiger partial charge on any atom is 0.251 e. The lowest BCUT2D eigenvalue weighted by atomic mass is 9.90. The Morgan fingerprint density at radius 3 is 2.48 bits per heavy atom. The molecular weight excluding hydrogens is 397 g/mol. The van der Waals surface area contributed by atoms with Crippen LogP contribution < -0.4 is 10.6 Å². The van der Waals surface area contributed by atoms with E-state index >= 15 is 0 Å². The minimum atomic E-state index is -0.626. The molecule has 2 heterocycles. The van der Waals surface area contributed by atoms with E-state index in [0.717, 1.165) is 25.7 Å². The molecule has 8 heteroatoms. The summed E-state index contributed by atoms with van der Waals surface area (Å²) in [6.45, 7) is 4.33. The van der Waals surface area contributed by atoms with Gasteiger partial charge in [0.05, 0.1) is 18.7 Å². The van der Waals surface area contributed by atoms with Crippen molar-refractivity contribution >= 4 is 23.4 Å². The van der Waals surface area contributed by atoms with E-state index in [-0.39, 0.29) is 29.0 Å². The first kappa shape index (κ1) is 22.0. The van der Waals surface area contributed by atoms with Crippen molar-refractivity contribution in [3.63, 3.8) is 0 Å². The summed E-state index contributed by atoms with van der Waals surface area (Å²) < 4.78 is 13.5. The number of nitrogens with zero attached hydrogens (tertiary/aromatic N) is 1. The summed E-state index contributed by atoms with van der Waals surface area (Å²) in [7, 11) is 0. The second-order valence-corrected chi connectivity index (χ2v) is 9.29. The van der Waals surface area contributed by atoms with Crippen molar-refractivity contribution in [1.29, 1.82) is 0 Å². The lowest BCUT2D eigenvalue weighted by molar-refractivity contribution is -0.125. The molecule has 0 spiro atoms. The number of halogens is 2. The van der Waals surface area contributed by atoms with E-state index in [4.69, 9.17) is 11.6 Å². The molecule has 1 aromatic rings. The molecular formula is C21H29ClFN3O3. The Balaban J connectivity index is 1.51. The van der Waals surface area contributed by atoms with Crippen LogP contribution in [0.2, 0.25) is 5.02 Å². The quantitative estimate of drug-likeness (QED) is 0.626. The van der Waals surface area contributed by atoms with Gasteiger partial charge in [0.2, 0.25) is 5.91 Å². The second-order valence-electron chi connectivity index (χ2n) is 8.85. The highest BCUT2D eigenvalue weighted by molar-refractivity contribution is 6.31. The van der Waals surface area contributed by atoms with Gasteiger partial charge in [0, 0.05) is 29.2 Å². The van der Waals surface area contributed by atoms with Gasteiger partial charge in [-0.1, -0.05) is 11.6 Å². The number of fused-ring (bicyclic) bond motifs is 2. The Kier molecular flexibility index (Phi) is 6.81. The zero-order chi connectivity index (χ0) is 21.2. The molecule has 1 aromatic carbocycles. The van der Waals surface area contributed by atoms with Crippen LogP contribution in [0.5, 0.6) is 0 Å². The van der Waals surface area contributed by atoms with E-state index in [2.05, 4.69) is 15.5 Å². The molecule has 3 atom stereocenters. The van der Waals surface area contributed by atoms with Crippen molar-refractivity contribution in [2.45, 2.75) is 57.2 Å². The molecule has 3 N–H and O–H groups in total. The molecule has 6 nitrogen and oxygen atoms in total. The van der Waals surface area contributed by atoms with E-state index in [1.165, 1.54) is 18.2 Å². The topological polar surface area (TPSA) is 81.7 Å². The van der Waals surface area contributed by atoms with Gasteiger partial charge in [-0.25, -0.2) is 4.39 Å². The third kappa shape index (κ3) is 5.68. The zero-order valence-electron chi connectivity index (χ0n) is 16.9. The number of carbonyl (C=O) groups excluding carboxylic acids is 2. The van der Waals surface area contributed by atoms with Gasteiger partial charge in [0.15, 0.2) is 0 Å². The first-order valence-corrected chi connectivity index (χ1v) is 10.5. The molecule has 0 aromatic heterocycles. The summed E-state index contributed by atoms with van der Waals surface area (Å²) in [5.41, 5.74) is -0.406. The second kappa shape index (κ2) is 8.98. The number of rotatable bonds is 7. The summed E-state index contributed by atoms with van der Waals surface area (Å²) in [6.07, 6.45) is 3.92. The van der Waals surface area contributed by atoms with Crippen LogP contribution in [0.3, 0.4) is 0 Å². The molecule has 2 fully saturated rings. The van der Waals surface area contributed by atoms with Crippen LogP contribution in [-0.2, 0) is 4.79 Å². The van der Waals surface area contributed by atoms with Crippen LogP contribution in [0.1, 0.15) is 49.9 Å². The van der Waals surface area contributed by atoms with Crippen LogP contribution in [0.4, 0.5) is 4.39 Å². The highest BCUT2D eigenvalue weighted by Crippen LogP contribution is 2.38. The number of piperidine rings is 1. The fourth-order valence-corrected chi connectivity index (χ4v) is 4.68. The Morgan fingerprint density at radius 1 is 1.24 bits per heavy atom. The van der Waals surface area contributed by atoms with E-state index < -0.39 is 11.4 Å². The minimum Gasteiger partial charge on any atom is -0.394 e. The SMILES string of the molecule is CC(C)(CO)NC(=O)CN1[C@@H]2CC[C@H]1CC(CNC(=O)c1cc(F)cc(Cl)c1)C2. The lowest BCUT2D eigenvalue weighted by Crippen LogP contribution is -2.53. The van der Waals surface area contributed by atoms with Gasteiger partial charge < -0.3 is 15.7 Å². The van der Waals surface area contributed by atoms with Gasteiger partial charge in [-0.15, -0.1) is 0 Å². The maximum atomic E-state index is 13.5. The molecule has 2 bridgehead atoms. The fraction of sp³-hybridized carbons (Fsp3) is 0.619. The van der Waals surface area contributed by atoms with Crippen molar-refractivity contribution < 1.29 is 19.1 Å². The van der Waals surface area contributed by atoms with Crippen LogP contribution in [-0.4, -0.2) is 59.1 Å². The standard InChI is InChI=1S/C21H29ClFN3O3/c1-21(2,12-27)25-19(28)11-26-17-3-4-18(26)6-13(5-17)10-24-20(29)14-7-15(22)9-16(23)8-14/h7-9,13,17-18,27H,3-6,10-12H2,1-2H3,(H,24,29)(H,25,28)/t13?,17-,18+. The molecule has 2 saturated heterocycles. The monoisotopic (exact) mass is 425 g/mol. The van der Waals surface area contributed by atoms with Gasteiger partial charge in [-0.2, -0.15) is 0 Å². The Bertz CT molecular complexity index is 739. The van der Waals surface area contributed by atoms with Crippen molar-refractivity contribution in [2.75, 3.05) is 19.7 Å². The molecule has 0 saturated carbocycles. The highest BCUT2D eigenvalue weighted by atomic mass is 35.5. The van der Waals surface area contributed by atoms with E-state index in [1.54, 1.807) is 13.8 Å². The van der Waals surface area contributed by atoms with Crippen LogP contribution in [0.25, 0.3) is 0 Å². The average molecular weight is 426 g/mol. The molecule has 0 radical (unpaired) electrons. The number of hydrogen-bond donors (Lipinski definition) is 3. The summed E-state index contributed by atoms with van der Waals surface area (Å²) >= 11 is 5.82.